The van der Waals surface area contributed by atoms with Gasteiger partial charge in [-0.3, -0.25) is 14.4 Å². The summed E-state index contributed by atoms with van der Waals surface area (Å²) in [5.74, 6) is -0.383. The highest BCUT2D eigenvalue weighted by Gasteiger charge is 2.46. The molecule has 28 heavy (non-hydrogen) atoms. The zero-order valence-electron chi connectivity index (χ0n) is 15.3. The maximum Gasteiger partial charge on any atom is 0.292 e. The topological polar surface area (TPSA) is 62.1 Å². The van der Waals surface area contributed by atoms with Gasteiger partial charge < -0.3 is 9.80 Å². The zero-order chi connectivity index (χ0) is 19.7. The van der Waals surface area contributed by atoms with E-state index < -0.39 is 6.04 Å². The van der Waals surface area contributed by atoms with Crippen LogP contribution in [0.3, 0.4) is 0 Å². The summed E-state index contributed by atoms with van der Waals surface area (Å²) in [5, 5.41) is 0.488. The van der Waals surface area contributed by atoms with Gasteiger partial charge in [-0.1, -0.05) is 35.9 Å². The van der Waals surface area contributed by atoms with Crippen LogP contribution in [-0.4, -0.2) is 54.8 Å². The minimum atomic E-state index is -0.402. The van der Waals surface area contributed by atoms with Crippen molar-refractivity contribution in [1.29, 1.82) is 0 Å². The standard InChI is InChI=1S/C21H20ClN3O3/c22-16-7-4-8-17(13-16)25-19(26)14-18(21(25)28)23-9-11-24(12-10-23)20(27)15-5-2-1-3-6-15/h1-8,13,18H,9-12,14H2/p+1/t18-/m1/s1. The average molecular weight is 399 g/mol. The number of piperazine rings is 1. The van der Waals surface area contributed by atoms with E-state index in [1.807, 2.05) is 35.2 Å². The molecule has 0 spiro atoms. The number of quaternary nitrogens is 1. The van der Waals surface area contributed by atoms with Gasteiger partial charge in [-0.2, -0.15) is 0 Å². The molecule has 2 aliphatic rings. The molecule has 1 N–H and O–H groups in total. The Kier molecular flexibility index (Phi) is 5.15. The second kappa shape index (κ2) is 7.73. The number of anilines is 1. The first kappa shape index (κ1) is 18.7. The van der Waals surface area contributed by atoms with E-state index in [0.717, 1.165) is 4.90 Å². The quantitative estimate of drug-likeness (QED) is 0.785. The van der Waals surface area contributed by atoms with E-state index in [1.165, 1.54) is 4.90 Å². The van der Waals surface area contributed by atoms with Crippen LogP contribution in [0.1, 0.15) is 16.8 Å². The molecule has 3 amide bonds. The predicted molar refractivity (Wildman–Crippen MR) is 105 cm³/mol. The fourth-order valence-electron chi connectivity index (χ4n) is 3.95. The van der Waals surface area contributed by atoms with Gasteiger partial charge in [0.1, 0.15) is 0 Å². The fourth-order valence-corrected chi connectivity index (χ4v) is 4.13. The minimum absolute atomic E-state index is 0.00836. The first-order chi connectivity index (χ1) is 13.5. The van der Waals surface area contributed by atoms with Crippen molar-refractivity contribution in [3.8, 4) is 0 Å². The lowest BCUT2D eigenvalue weighted by atomic mass is 10.1. The van der Waals surface area contributed by atoms with E-state index in [-0.39, 0.29) is 24.1 Å². The molecule has 2 heterocycles. The number of imide groups is 1. The molecule has 2 fully saturated rings. The summed E-state index contributed by atoms with van der Waals surface area (Å²) in [6, 6.07) is 15.6. The third kappa shape index (κ3) is 3.53. The van der Waals surface area contributed by atoms with Crippen molar-refractivity contribution in [2.75, 3.05) is 31.1 Å². The van der Waals surface area contributed by atoms with Crippen LogP contribution in [0, 0.1) is 0 Å². The van der Waals surface area contributed by atoms with Gasteiger partial charge in [-0.05, 0) is 30.3 Å². The van der Waals surface area contributed by atoms with Crippen molar-refractivity contribution in [2.24, 2.45) is 0 Å². The summed E-state index contributed by atoms with van der Waals surface area (Å²) in [4.78, 5) is 42.1. The molecule has 4 rings (SSSR count). The molecule has 7 heteroatoms. The van der Waals surface area contributed by atoms with Crippen molar-refractivity contribution in [1.82, 2.24) is 4.90 Å². The van der Waals surface area contributed by atoms with Gasteiger partial charge in [0, 0.05) is 10.6 Å². The number of nitrogens with zero attached hydrogens (tertiary/aromatic N) is 2. The van der Waals surface area contributed by atoms with E-state index >= 15 is 0 Å². The maximum atomic E-state index is 12.9. The van der Waals surface area contributed by atoms with Crippen molar-refractivity contribution in [2.45, 2.75) is 12.5 Å². The van der Waals surface area contributed by atoms with Gasteiger partial charge in [0.25, 0.3) is 11.8 Å². The number of carbonyl (C=O) groups is 3. The Balaban J connectivity index is 1.42. The highest BCUT2D eigenvalue weighted by Crippen LogP contribution is 2.24. The van der Waals surface area contributed by atoms with Gasteiger partial charge in [0.2, 0.25) is 5.91 Å². The largest absolute Gasteiger partial charge is 0.327 e. The summed E-state index contributed by atoms with van der Waals surface area (Å²) >= 11 is 6.01. The molecule has 2 saturated heterocycles. The molecular weight excluding hydrogens is 378 g/mol. The molecule has 0 saturated carbocycles. The number of benzene rings is 2. The SMILES string of the molecule is O=C(c1ccccc1)N1CC[NH+]([C@@H]2CC(=O)N(c3cccc(Cl)c3)C2=O)CC1. The summed E-state index contributed by atoms with van der Waals surface area (Å²) < 4.78 is 0. The van der Waals surface area contributed by atoms with Crippen LogP contribution >= 0.6 is 11.6 Å². The number of carbonyl (C=O) groups excluding carboxylic acids is 3. The van der Waals surface area contributed by atoms with Crippen LogP contribution in [0.5, 0.6) is 0 Å². The first-order valence-corrected chi connectivity index (χ1v) is 9.73. The molecule has 6 nitrogen and oxygen atoms in total. The Labute approximate surface area is 168 Å². The van der Waals surface area contributed by atoms with Crippen LogP contribution < -0.4 is 9.80 Å². The Bertz CT molecular complexity index is 910. The van der Waals surface area contributed by atoms with E-state index in [4.69, 9.17) is 11.6 Å². The van der Waals surface area contributed by atoms with Gasteiger partial charge in [0.15, 0.2) is 6.04 Å². The van der Waals surface area contributed by atoms with Crippen molar-refractivity contribution in [3.63, 3.8) is 0 Å². The molecule has 144 valence electrons. The Morgan fingerprint density at radius 2 is 1.71 bits per heavy atom. The molecule has 0 bridgehead atoms. The van der Waals surface area contributed by atoms with Crippen LogP contribution in [0.25, 0.3) is 0 Å². The summed E-state index contributed by atoms with van der Waals surface area (Å²) in [5.41, 5.74) is 1.19. The first-order valence-electron chi connectivity index (χ1n) is 9.36. The average Bonchev–Trinajstić information content (AvgIpc) is 3.02. The summed E-state index contributed by atoms with van der Waals surface area (Å²) in [6.07, 6.45) is 0.188. The monoisotopic (exact) mass is 398 g/mol. The van der Waals surface area contributed by atoms with Crippen LogP contribution in [0.15, 0.2) is 54.6 Å². The normalized spacial score (nSPS) is 20.7. The number of hydrogen-bond acceptors (Lipinski definition) is 3. The third-order valence-electron chi connectivity index (χ3n) is 5.42. The Morgan fingerprint density at radius 3 is 2.39 bits per heavy atom. The highest BCUT2D eigenvalue weighted by atomic mass is 35.5. The highest BCUT2D eigenvalue weighted by molar-refractivity contribution is 6.31. The van der Waals surface area contributed by atoms with Crippen LogP contribution in [0.2, 0.25) is 5.02 Å². The number of rotatable bonds is 3. The second-order valence-corrected chi connectivity index (χ2v) is 7.56. The number of hydrogen-bond donors (Lipinski definition) is 1. The molecule has 0 unspecified atom stereocenters. The zero-order valence-corrected chi connectivity index (χ0v) is 16.1. The molecule has 0 radical (unpaired) electrons. The molecule has 2 aromatic carbocycles. The predicted octanol–water partition coefficient (Wildman–Crippen LogP) is 1.01. The molecular formula is C21H21ClN3O3+. The lowest BCUT2D eigenvalue weighted by Gasteiger charge is -2.34. The molecule has 0 aliphatic carbocycles. The molecule has 2 aliphatic heterocycles. The number of nitrogens with one attached hydrogen (secondary N) is 1. The smallest absolute Gasteiger partial charge is 0.292 e. The van der Waals surface area contributed by atoms with E-state index in [0.29, 0.717) is 42.5 Å². The minimum Gasteiger partial charge on any atom is -0.327 e. The number of amides is 3. The third-order valence-corrected chi connectivity index (χ3v) is 5.65. The van der Waals surface area contributed by atoms with Gasteiger partial charge in [0.05, 0.1) is 38.3 Å². The lowest BCUT2D eigenvalue weighted by molar-refractivity contribution is -0.918. The van der Waals surface area contributed by atoms with Crippen molar-refractivity contribution in [3.05, 3.63) is 65.2 Å². The summed E-state index contributed by atoms with van der Waals surface area (Å²) in [7, 11) is 0. The van der Waals surface area contributed by atoms with Gasteiger partial charge in [-0.25, -0.2) is 4.90 Å². The maximum absolute atomic E-state index is 12.9. The van der Waals surface area contributed by atoms with E-state index in [2.05, 4.69) is 0 Å². The Hall–Kier alpha value is -2.70. The molecule has 2 aromatic rings. The van der Waals surface area contributed by atoms with Gasteiger partial charge in [-0.15, -0.1) is 0 Å². The van der Waals surface area contributed by atoms with Gasteiger partial charge >= 0.3 is 0 Å². The Morgan fingerprint density at radius 1 is 1.00 bits per heavy atom. The van der Waals surface area contributed by atoms with E-state index in [1.54, 1.807) is 24.3 Å². The van der Waals surface area contributed by atoms with Crippen molar-refractivity contribution >= 4 is 35.0 Å². The second-order valence-electron chi connectivity index (χ2n) is 7.12. The number of halogens is 1. The molecule has 1 atom stereocenters. The van der Waals surface area contributed by atoms with Crippen molar-refractivity contribution < 1.29 is 19.3 Å². The fraction of sp³-hybridized carbons (Fsp3) is 0.286. The summed E-state index contributed by atoms with van der Waals surface area (Å²) in [6.45, 7) is 2.42. The van der Waals surface area contributed by atoms with Crippen LogP contribution in [0.4, 0.5) is 5.69 Å². The lowest BCUT2D eigenvalue weighted by Crippen LogP contribution is -3.19. The van der Waals surface area contributed by atoms with Crippen LogP contribution in [-0.2, 0) is 9.59 Å². The van der Waals surface area contributed by atoms with E-state index in [9.17, 15) is 14.4 Å². The molecule has 0 aromatic heterocycles.